The van der Waals surface area contributed by atoms with E-state index in [1.807, 2.05) is 38.1 Å². The molecule has 0 heterocycles. The van der Waals surface area contributed by atoms with Gasteiger partial charge in [0, 0.05) is 31.8 Å². The van der Waals surface area contributed by atoms with Gasteiger partial charge in [0.15, 0.2) is 5.78 Å². The fourth-order valence-corrected chi connectivity index (χ4v) is 3.48. The zero-order valence-electron chi connectivity index (χ0n) is 17.9. The van der Waals surface area contributed by atoms with Gasteiger partial charge in [0.05, 0.1) is 6.04 Å². The van der Waals surface area contributed by atoms with Gasteiger partial charge in [-0.05, 0) is 43.5 Å². The number of benzene rings is 2. The van der Waals surface area contributed by atoms with Crippen molar-refractivity contribution in [2.75, 3.05) is 13.1 Å². The maximum absolute atomic E-state index is 12.5. The van der Waals surface area contributed by atoms with Crippen molar-refractivity contribution in [3.05, 3.63) is 48.0 Å². The molecule has 2 rings (SSSR count). The second kappa shape index (κ2) is 10.7. The Hall–Kier alpha value is -2.69. The predicted molar refractivity (Wildman–Crippen MR) is 117 cm³/mol. The van der Waals surface area contributed by atoms with E-state index in [4.69, 9.17) is 0 Å². The summed E-state index contributed by atoms with van der Waals surface area (Å²) in [7, 11) is 0. The van der Waals surface area contributed by atoms with Crippen molar-refractivity contribution in [1.29, 1.82) is 0 Å². The molecule has 156 valence electrons. The second-order valence-corrected chi connectivity index (χ2v) is 7.51. The van der Waals surface area contributed by atoms with E-state index < -0.39 is 12.0 Å². The summed E-state index contributed by atoms with van der Waals surface area (Å²) in [4.78, 5) is 38.8. The van der Waals surface area contributed by atoms with Crippen LogP contribution >= 0.6 is 0 Å². The molecule has 0 aromatic heterocycles. The zero-order chi connectivity index (χ0) is 21.4. The Morgan fingerprint density at radius 1 is 0.966 bits per heavy atom. The number of hydrogen-bond acceptors (Lipinski definition) is 3. The number of amides is 2. The number of carbonyl (C=O) groups excluding carboxylic acids is 3. The number of Topliss-reactive ketones (excluding diaryl/α,β-unsaturated/α-hetero) is 1. The Kier molecular flexibility index (Phi) is 8.37. The molecule has 29 heavy (non-hydrogen) atoms. The minimum atomic E-state index is -0.566. The maximum atomic E-state index is 12.5. The molecule has 0 spiro atoms. The summed E-state index contributed by atoms with van der Waals surface area (Å²) in [6, 6.07) is 13.7. The first-order valence-electron chi connectivity index (χ1n) is 10.4. The summed E-state index contributed by atoms with van der Waals surface area (Å²) >= 11 is 0. The number of aryl methyl sites for hydroxylation is 1. The fourth-order valence-electron chi connectivity index (χ4n) is 3.48. The standard InChI is InChI=1S/C24H32N2O3/c1-5-26(6-2)23(28)16-17(3)24(29)25-18(4)22(27)15-14-20-12-9-11-19-10-7-8-13-21(19)20/h7-13,17-18H,5-6,14-16H2,1-4H3,(H,25,29)/t17-,18-/m0/s1. The molecule has 2 atom stereocenters. The minimum Gasteiger partial charge on any atom is -0.346 e. The highest BCUT2D eigenvalue weighted by Crippen LogP contribution is 2.20. The normalized spacial score (nSPS) is 13.0. The van der Waals surface area contributed by atoms with Crippen molar-refractivity contribution >= 4 is 28.4 Å². The highest BCUT2D eigenvalue weighted by Gasteiger charge is 2.23. The molecule has 5 heteroatoms. The van der Waals surface area contributed by atoms with Gasteiger partial charge in [-0.15, -0.1) is 0 Å². The first-order valence-corrected chi connectivity index (χ1v) is 10.4. The average Bonchev–Trinajstić information content (AvgIpc) is 2.72. The van der Waals surface area contributed by atoms with Crippen LogP contribution in [0.4, 0.5) is 0 Å². The lowest BCUT2D eigenvalue weighted by Gasteiger charge is -2.21. The molecular formula is C24H32N2O3. The van der Waals surface area contributed by atoms with Crippen LogP contribution in [0, 0.1) is 5.92 Å². The van der Waals surface area contributed by atoms with E-state index in [9.17, 15) is 14.4 Å². The van der Waals surface area contributed by atoms with Gasteiger partial charge in [-0.25, -0.2) is 0 Å². The van der Waals surface area contributed by atoms with Crippen LogP contribution in [0.5, 0.6) is 0 Å². The number of ketones is 1. The number of nitrogens with one attached hydrogen (secondary N) is 1. The van der Waals surface area contributed by atoms with Gasteiger partial charge < -0.3 is 10.2 Å². The molecule has 0 fully saturated rings. The van der Waals surface area contributed by atoms with Crippen LogP contribution in [0.3, 0.4) is 0 Å². The molecule has 0 aliphatic carbocycles. The van der Waals surface area contributed by atoms with E-state index in [1.165, 1.54) is 0 Å². The van der Waals surface area contributed by atoms with Gasteiger partial charge >= 0.3 is 0 Å². The zero-order valence-corrected chi connectivity index (χ0v) is 17.9. The molecule has 0 unspecified atom stereocenters. The predicted octanol–water partition coefficient (Wildman–Crippen LogP) is 3.74. The topological polar surface area (TPSA) is 66.5 Å². The third-order valence-corrected chi connectivity index (χ3v) is 5.41. The summed E-state index contributed by atoms with van der Waals surface area (Å²) in [5, 5.41) is 5.09. The number of rotatable bonds is 10. The summed E-state index contributed by atoms with van der Waals surface area (Å²) in [6.45, 7) is 8.54. The molecule has 0 bridgehead atoms. The van der Waals surface area contributed by atoms with Gasteiger partial charge in [0.2, 0.25) is 11.8 Å². The highest BCUT2D eigenvalue weighted by atomic mass is 16.2. The first-order chi connectivity index (χ1) is 13.9. The number of carbonyl (C=O) groups is 3. The van der Waals surface area contributed by atoms with Crippen LogP contribution in [-0.4, -0.2) is 41.6 Å². The average molecular weight is 397 g/mol. The number of hydrogen-bond donors (Lipinski definition) is 1. The smallest absolute Gasteiger partial charge is 0.223 e. The van der Waals surface area contributed by atoms with Gasteiger partial charge in [0.1, 0.15) is 0 Å². The Labute approximate surface area is 173 Å². The highest BCUT2D eigenvalue weighted by molar-refractivity contribution is 5.92. The summed E-state index contributed by atoms with van der Waals surface area (Å²) in [5.74, 6) is -0.755. The van der Waals surface area contributed by atoms with E-state index in [0.717, 1.165) is 16.3 Å². The van der Waals surface area contributed by atoms with E-state index in [-0.39, 0.29) is 24.0 Å². The van der Waals surface area contributed by atoms with Gasteiger partial charge in [-0.2, -0.15) is 0 Å². The Balaban J connectivity index is 1.88. The van der Waals surface area contributed by atoms with Crippen molar-refractivity contribution in [3.8, 4) is 0 Å². The Morgan fingerprint density at radius 2 is 1.62 bits per heavy atom. The molecular weight excluding hydrogens is 364 g/mol. The van der Waals surface area contributed by atoms with Gasteiger partial charge in [-0.3, -0.25) is 14.4 Å². The molecule has 0 aliphatic rings. The lowest BCUT2D eigenvalue weighted by molar-refractivity contribution is -0.136. The van der Waals surface area contributed by atoms with E-state index in [0.29, 0.717) is 25.9 Å². The lowest BCUT2D eigenvalue weighted by Crippen LogP contribution is -2.42. The van der Waals surface area contributed by atoms with Crippen molar-refractivity contribution in [2.24, 2.45) is 5.92 Å². The molecule has 0 aliphatic heterocycles. The SMILES string of the molecule is CCN(CC)C(=O)C[C@H](C)C(=O)N[C@@H](C)C(=O)CCc1cccc2ccccc12. The summed E-state index contributed by atoms with van der Waals surface area (Å²) in [5.41, 5.74) is 1.13. The largest absolute Gasteiger partial charge is 0.346 e. The molecule has 1 N–H and O–H groups in total. The van der Waals surface area contributed by atoms with Crippen LogP contribution in [0.15, 0.2) is 42.5 Å². The summed E-state index contributed by atoms with van der Waals surface area (Å²) in [6.07, 6.45) is 1.16. The molecule has 2 aromatic rings. The van der Waals surface area contributed by atoms with Crippen LogP contribution in [0.1, 0.15) is 46.1 Å². The van der Waals surface area contributed by atoms with E-state index in [2.05, 4.69) is 23.5 Å². The molecule has 2 amide bonds. The van der Waals surface area contributed by atoms with Crippen molar-refractivity contribution < 1.29 is 14.4 Å². The third-order valence-electron chi connectivity index (χ3n) is 5.41. The Morgan fingerprint density at radius 3 is 2.31 bits per heavy atom. The number of fused-ring (bicyclic) bond motifs is 1. The van der Waals surface area contributed by atoms with Gasteiger partial charge in [0.25, 0.3) is 0 Å². The van der Waals surface area contributed by atoms with Gasteiger partial charge in [-0.1, -0.05) is 49.4 Å². The third kappa shape index (κ3) is 6.14. The minimum absolute atomic E-state index is 0.00597. The molecule has 0 saturated heterocycles. The second-order valence-electron chi connectivity index (χ2n) is 7.51. The fraction of sp³-hybridized carbons (Fsp3) is 0.458. The quantitative estimate of drug-likeness (QED) is 0.665. The van der Waals surface area contributed by atoms with Crippen LogP contribution in [0.2, 0.25) is 0 Å². The first kappa shape index (κ1) is 22.6. The van der Waals surface area contributed by atoms with E-state index in [1.54, 1.807) is 18.7 Å². The monoisotopic (exact) mass is 396 g/mol. The van der Waals surface area contributed by atoms with Crippen molar-refractivity contribution in [1.82, 2.24) is 10.2 Å². The van der Waals surface area contributed by atoms with Crippen molar-refractivity contribution in [3.63, 3.8) is 0 Å². The van der Waals surface area contributed by atoms with E-state index >= 15 is 0 Å². The lowest BCUT2D eigenvalue weighted by atomic mass is 9.98. The molecule has 5 nitrogen and oxygen atoms in total. The number of nitrogens with zero attached hydrogens (tertiary/aromatic N) is 1. The maximum Gasteiger partial charge on any atom is 0.223 e. The van der Waals surface area contributed by atoms with Crippen LogP contribution in [-0.2, 0) is 20.8 Å². The van der Waals surface area contributed by atoms with Crippen LogP contribution < -0.4 is 5.32 Å². The molecule has 2 aromatic carbocycles. The molecule has 0 radical (unpaired) electrons. The Bertz CT molecular complexity index is 853. The summed E-state index contributed by atoms with van der Waals surface area (Å²) < 4.78 is 0. The van der Waals surface area contributed by atoms with Crippen LogP contribution in [0.25, 0.3) is 10.8 Å². The molecule has 0 saturated carbocycles. The van der Waals surface area contributed by atoms with Crippen molar-refractivity contribution in [2.45, 2.75) is 53.0 Å².